The van der Waals surface area contributed by atoms with Gasteiger partial charge < -0.3 is 39.2 Å². The van der Waals surface area contributed by atoms with Crippen LogP contribution in [0.5, 0.6) is 0 Å². The first-order chi connectivity index (χ1) is 20.4. The van der Waals surface area contributed by atoms with Crippen molar-refractivity contribution in [3.05, 3.63) is 77.6 Å². The number of anilines is 1. The van der Waals surface area contributed by atoms with Crippen molar-refractivity contribution in [3.63, 3.8) is 0 Å². The summed E-state index contributed by atoms with van der Waals surface area (Å²) in [5, 5.41) is 11.9. The molecular weight excluding hydrogens is 542 g/mol. The average molecular weight is 580 g/mol. The van der Waals surface area contributed by atoms with Crippen molar-refractivity contribution < 1.29 is 38.4 Å². The van der Waals surface area contributed by atoms with Crippen LogP contribution >= 0.6 is 0 Å². The van der Waals surface area contributed by atoms with Crippen molar-refractivity contribution in [3.8, 4) is 0 Å². The Kier molecular flexibility index (Phi) is 9.41. The van der Waals surface area contributed by atoms with Gasteiger partial charge in [0.15, 0.2) is 5.76 Å². The van der Waals surface area contributed by atoms with Crippen LogP contribution < -0.4 is 10.2 Å². The molecule has 0 unspecified atom stereocenters. The molecule has 3 heterocycles. The number of methoxy groups -OCH3 is 1. The Balaban J connectivity index is 1.30. The SMILES string of the molecule is COC(=O)c1ccc([C@@H]2C=C(C(=O)N3CCC4(CC3)C(=O)NCN4c3ccccc3)O[C@H](OCCOCCO)C2)cc1. The number of carbonyl (C=O) groups is 3. The third-order valence-corrected chi connectivity index (χ3v) is 8.08. The molecule has 0 bridgehead atoms. The summed E-state index contributed by atoms with van der Waals surface area (Å²) in [5.41, 5.74) is 1.60. The highest BCUT2D eigenvalue weighted by molar-refractivity contribution is 5.95. The smallest absolute Gasteiger partial charge is 0.337 e. The van der Waals surface area contributed by atoms with Crippen molar-refractivity contribution in [2.24, 2.45) is 0 Å². The molecule has 11 nitrogen and oxygen atoms in total. The van der Waals surface area contributed by atoms with Gasteiger partial charge in [-0.25, -0.2) is 4.79 Å². The van der Waals surface area contributed by atoms with E-state index in [1.807, 2.05) is 42.5 Å². The van der Waals surface area contributed by atoms with E-state index in [0.29, 0.717) is 44.6 Å². The Labute approximate surface area is 245 Å². The molecule has 0 saturated carbocycles. The number of carbonyl (C=O) groups excluding carboxylic acids is 3. The Morgan fingerprint density at radius 3 is 2.48 bits per heavy atom. The number of allylic oxidation sites excluding steroid dienone is 1. The molecule has 0 aromatic heterocycles. The Hall–Kier alpha value is -3.93. The maximum atomic E-state index is 13.8. The summed E-state index contributed by atoms with van der Waals surface area (Å²) in [7, 11) is 1.34. The number of aliphatic hydroxyl groups excluding tert-OH is 1. The predicted molar refractivity (Wildman–Crippen MR) is 152 cm³/mol. The predicted octanol–water partition coefficient (Wildman–Crippen LogP) is 2.17. The number of nitrogens with zero attached hydrogens (tertiary/aromatic N) is 2. The Bertz CT molecular complexity index is 1270. The molecule has 2 aromatic rings. The standard InChI is InChI=1S/C31H37N3O8/c1-39-29(37)23-9-7-22(8-10-23)24-19-26(42-27(20-24)41-18-17-40-16-15-35)28(36)33-13-11-31(12-14-33)30(38)32-21-34(31)25-5-3-2-4-6-25/h2-10,19,24,27,35H,11-18,20-21H2,1H3,(H,32,38)/t24-,27+/m1/s1. The zero-order valence-electron chi connectivity index (χ0n) is 23.7. The molecule has 42 heavy (non-hydrogen) atoms. The second-order valence-corrected chi connectivity index (χ2v) is 10.5. The van der Waals surface area contributed by atoms with Crippen molar-refractivity contribution in [2.75, 3.05) is 58.2 Å². The summed E-state index contributed by atoms with van der Waals surface area (Å²) >= 11 is 0. The fourth-order valence-electron chi connectivity index (χ4n) is 5.80. The van der Waals surface area contributed by atoms with Crippen LogP contribution in [0.4, 0.5) is 5.69 Å². The quantitative estimate of drug-likeness (QED) is 0.322. The highest BCUT2D eigenvalue weighted by atomic mass is 16.7. The number of amides is 2. The van der Waals surface area contributed by atoms with Crippen LogP contribution in [-0.2, 0) is 28.5 Å². The summed E-state index contributed by atoms with van der Waals surface area (Å²) in [5.74, 6) is -0.697. The molecule has 5 rings (SSSR count). The van der Waals surface area contributed by atoms with E-state index in [2.05, 4.69) is 10.2 Å². The number of nitrogens with one attached hydrogen (secondary N) is 1. The van der Waals surface area contributed by atoms with Gasteiger partial charge in [0, 0.05) is 31.1 Å². The zero-order chi connectivity index (χ0) is 29.5. The highest BCUT2D eigenvalue weighted by Crippen LogP contribution is 2.37. The average Bonchev–Trinajstić information content (AvgIpc) is 3.35. The normalized spacial score (nSPS) is 21.5. The maximum Gasteiger partial charge on any atom is 0.337 e. The molecule has 11 heteroatoms. The van der Waals surface area contributed by atoms with Crippen molar-refractivity contribution in [2.45, 2.75) is 37.0 Å². The molecule has 2 aromatic carbocycles. The van der Waals surface area contributed by atoms with Crippen molar-refractivity contribution in [1.29, 1.82) is 0 Å². The molecule has 3 aliphatic rings. The van der Waals surface area contributed by atoms with Gasteiger partial charge in [0.2, 0.25) is 12.2 Å². The second kappa shape index (κ2) is 13.4. The summed E-state index contributed by atoms with van der Waals surface area (Å²) in [6.07, 6.45) is 2.56. The summed E-state index contributed by atoms with van der Waals surface area (Å²) in [6.45, 7) is 1.88. The Morgan fingerprint density at radius 2 is 1.79 bits per heavy atom. The first-order valence-corrected chi connectivity index (χ1v) is 14.2. The number of hydrogen-bond acceptors (Lipinski definition) is 9. The first-order valence-electron chi connectivity index (χ1n) is 14.2. The van der Waals surface area contributed by atoms with Crippen molar-refractivity contribution in [1.82, 2.24) is 10.2 Å². The van der Waals surface area contributed by atoms with Crippen LogP contribution in [0, 0.1) is 0 Å². The number of aliphatic hydroxyl groups is 1. The largest absolute Gasteiger partial charge is 0.465 e. The molecule has 2 N–H and O–H groups in total. The number of para-hydroxylation sites is 1. The summed E-state index contributed by atoms with van der Waals surface area (Å²) < 4.78 is 22.1. The number of rotatable bonds is 10. The zero-order valence-corrected chi connectivity index (χ0v) is 23.7. The van der Waals surface area contributed by atoms with E-state index in [1.165, 1.54) is 7.11 Å². The fourth-order valence-corrected chi connectivity index (χ4v) is 5.80. The second-order valence-electron chi connectivity index (χ2n) is 10.5. The lowest BCUT2D eigenvalue weighted by molar-refractivity contribution is -0.157. The van der Waals surface area contributed by atoms with Crippen LogP contribution in [0.3, 0.4) is 0 Å². The van der Waals surface area contributed by atoms with Crippen LogP contribution in [0.25, 0.3) is 0 Å². The van der Waals surface area contributed by atoms with Crippen LogP contribution in [0.1, 0.15) is 41.1 Å². The lowest BCUT2D eigenvalue weighted by atomic mass is 9.85. The maximum absolute atomic E-state index is 13.8. The molecule has 2 amide bonds. The van der Waals surface area contributed by atoms with Gasteiger partial charge in [0.05, 0.1) is 45.8 Å². The van der Waals surface area contributed by atoms with E-state index in [9.17, 15) is 14.4 Å². The van der Waals surface area contributed by atoms with Gasteiger partial charge in [-0.2, -0.15) is 0 Å². The molecular formula is C31H37N3O8. The molecule has 2 atom stereocenters. The van der Waals surface area contributed by atoms with Crippen molar-refractivity contribution >= 4 is 23.5 Å². The number of esters is 1. The van der Waals surface area contributed by atoms with Gasteiger partial charge in [-0.05, 0) is 48.7 Å². The van der Waals surface area contributed by atoms with Crippen LogP contribution in [-0.4, -0.2) is 92.9 Å². The summed E-state index contributed by atoms with van der Waals surface area (Å²) in [4.78, 5) is 42.5. The first kappa shape index (κ1) is 29.6. The highest BCUT2D eigenvalue weighted by Gasteiger charge is 2.51. The minimum Gasteiger partial charge on any atom is -0.465 e. The van der Waals surface area contributed by atoms with E-state index < -0.39 is 17.8 Å². The van der Waals surface area contributed by atoms with Crippen LogP contribution in [0.15, 0.2) is 66.4 Å². The van der Waals surface area contributed by atoms with Crippen LogP contribution in [0.2, 0.25) is 0 Å². The van der Waals surface area contributed by atoms with E-state index in [1.54, 1.807) is 23.1 Å². The third kappa shape index (κ3) is 6.28. The van der Waals surface area contributed by atoms with Gasteiger partial charge in [0.1, 0.15) is 5.54 Å². The molecule has 224 valence electrons. The minimum atomic E-state index is -0.704. The van der Waals surface area contributed by atoms with Gasteiger partial charge in [-0.1, -0.05) is 30.3 Å². The van der Waals surface area contributed by atoms with E-state index in [0.717, 1.165) is 11.3 Å². The molecule has 1 spiro atoms. The minimum absolute atomic E-state index is 0.0149. The molecule has 2 saturated heterocycles. The van der Waals surface area contributed by atoms with Gasteiger partial charge in [-0.15, -0.1) is 0 Å². The fraction of sp³-hybridized carbons (Fsp3) is 0.452. The molecule has 2 fully saturated rings. The third-order valence-electron chi connectivity index (χ3n) is 8.08. The number of benzene rings is 2. The molecule has 3 aliphatic heterocycles. The summed E-state index contributed by atoms with van der Waals surface area (Å²) in [6, 6.07) is 16.9. The van der Waals surface area contributed by atoms with E-state index in [-0.39, 0.29) is 49.9 Å². The van der Waals surface area contributed by atoms with E-state index >= 15 is 0 Å². The number of ether oxygens (including phenoxy) is 4. The van der Waals surface area contributed by atoms with Gasteiger partial charge >= 0.3 is 5.97 Å². The van der Waals surface area contributed by atoms with E-state index in [4.69, 9.17) is 24.1 Å². The lowest BCUT2D eigenvalue weighted by Gasteiger charge is -2.43. The topological polar surface area (TPSA) is 127 Å². The Morgan fingerprint density at radius 1 is 1.05 bits per heavy atom. The monoisotopic (exact) mass is 579 g/mol. The molecule has 0 radical (unpaired) electrons. The van der Waals surface area contributed by atoms with Gasteiger partial charge in [0.25, 0.3) is 5.91 Å². The van der Waals surface area contributed by atoms with Gasteiger partial charge in [-0.3, -0.25) is 9.59 Å². The lowest BCUT2D eigenvalue weighted by Crippen LogP contribution is -2.57. The molecule has 0 aliphatic carbocycles. The number of piperidine rings is 1. The number of likely N-dealkylation sites (tertiary alicyclic amines) is 1. The number of hydrogen-bond donors (Lipinski definition) is 2.